The van der Waals surface area contributed by atoms with Crippen LogP contribution in [-0.4, -0.2) is 44.0 Å². The van der Waals surface area contributed by atoms with Gasteiger partial charge in [-0.05, 0) is 23.8 Å². The molecule has 3 rings (SSSR count). The second kappa shape index (κ2) is 8.68. The summed E-state index contributed by atoms with van der Waals surface area (Å²) in [4.78, 5) is 14.4. The second-order valence-electron chi connectivity index (χ2n) is 8.95. The van der Waals surface area contributed by atoms with Gasteiger partial charge in [0, 0.05) is 12.6 Å². The highest BCUT2D eigenvalue weighted by molar-refractivity contribution is 7.99. The number of nitrogen functional groups attached to an aromatic ring is 1. The van der Waals surface area contributed by atoms with Gasteiger partial charge in [0.15, 0.2) is 5.82 Å². The third-order valence-electron chi connectivity index (χ3n) is 5.90. The Morgan fingerprint density at radius 1 is 1.23 bits per heavy atom. The molecule has 0 bridgehead atoms. The Hall–Kier alpha value is -2.53. The lowest BCUT2D eigenvalue weighted by atomic mass is 9.81. The van der Waals surface area contributed by atoms with Gasteiger partial charge in [-0.25, -0.2) is 4.68 Å². The van der Waals surface area contributed by atoms with Crippen LogP contribution < -0.4 is 5.84 Å². The molecule has 1 aliphatic carbocycles. The first-order valence-electron chi connectivity index (χ1n) is 10.3. The fourth-order valence-electron chi connectivity index (χ4n) is 3.81. The lowest BCUT2D eigenvalue weighted by Crippen LogP contribution is -2.50. The van der Waals surface area contributed by atoms with E-state index in [1.807, 2.05) is 12.1 Å². The van der Waals surface area contributed by atoms with E-state index in [0.29, 0.717) is 11.0 Å². The molecule has 2 N–H and O–H groups in total. The Bertz CT molecular complexity index is 932. The topological polar surface area (TPSA) is 101 Å². The van der Waals surface area contributed by atoms with E-state index >= 15 is 0 Å². The maximum absolute atomic E-state index is 12.8. The van der Waals surface area contributed by atoms with Gasteiger partial charge in [-0.3, -0.25) is 4.79 Å². The lowest BCUT2D eigenvalue weighted by Gasteiger charge is -2.39. The van der Waals surface area contributed by atoms with Gasteiger partial charge in [0.2, 0.25) is 11.1 Å². The molecule has 0 radical (unpaired) electrons. The van der Waals surface area contributed by atoms with E-state index in [4.69, 9.17) is 5.84 Å². The smallest absolute Gasteiger partial charge is 0.234 e. The van der Waals surface area contributed by atoms with Gasteiger partial charge in [0.25, 0.3) is 0 Å². The van der Waals surface area contributed by atoms with E-state index in [9.17, 15) is 10.1 Å². The number of benzene rings is 1. The minimum absolute atomic E-state index is 0.0709. The molecule has 1 aromatic heterocycles. The molecular formula is C22H30N6OS. The van der Waals surface area contributed by atoms with Crippen molar-refractivity contribution in [2.75, 3.05) is 18.6 Å². The quantitative estimate of drug-likeness (QED) is 0.577. The Labute approximate surface area is 182 Å². The number of rotatable bonds is 5. The first-order chi connectivity index (χ1) is 14.2. The van der Waals surface area contributed by atoms with Crippen LogP contribution in [0.15, 0.2) is 29.4 Å². The molecule has 1 saturated carbocycles. The summed E-state index contributed by atoms with van der Waals surface area (Å²) in [6, 6.07) is 10.5. The van der Waals surface area contributed by atoms with Crippen molar-refractivity contribution >= 4 is 17.7 Å². The van der Waals surface area contributed by atoms with Crippen LogP contribution >= 0.6 is 11.8 Å². The highest BCUT2D eigenvalue weighted by Crippen LogP contribution is 2.33. The molecule has 30 heavy (non-hydrogen) atoms. The molecular weight excluding hydrogens is 396 g/mol. The van der Waals surface area contributed by atoms with Crippen molar-refractivity contribution in [3.8, 4) is 17.5 Å². The summed E-state index contributed by atoms with van der Waals surface area (Å²) in [5.74, 6) is 6.84. The summed E-state index contributed by atoms with van der Waals surface area (Å²) in [7, 11) is 1.73. The monoisotopic (exact) mass is 426 g/mol. The second-order valence-corrected chi connectivity index (χ2v) is 9.89. The van der Waals surface area contributed by atoms with Crippen LogP contribution in [0.3, 0.4) is 0 Å². The van der Waals surface area contributed by atoms with Crippen molar-refractivity contribution in [1.82, 2.24) is 19.8 Å². The number of aromatic nitrogens is 3. The maximum Gasteiger partial charge on any atom is 0.234 e. The predicted octanol–water partition coefficient (Wildman–Crippen LogP) is 3.73. The largest absolute Gasteiger partial charge is 0.335 e. The van der Waals surface area contributed by atoms with Crippen molar-refractivity contribution in [3.05, 3.63) is 29.8 Å². The number of amides is 1. The van der Waals surface area contributed by atoms with Gasteiger partial charge >= 0.3 is 0 Å². The molecule has 1 amide bonds. The Morgan fingerprint density at radius 3 is 2.43 bits per heavy atom. The van der Waals surface area contributed by atoms with Crippen LogP contribution in [0, 0.1) is 11.3 Å². The van der Waals surface area contributed by atoms with Gasteiger partial charge in [-0.1, -0.05) is 76.1 Å². The summed E-state index contributed by atoms with van der Waals surface area (Å²) in [5.41, 5.74) is 1.49. The fraction of sp³-hybridized carbons (Fsp3) is 0.545. The van der Waals surface area contributed by atoms with Crippen LogP contribution in [0.4, 0.5) is 0 Å². The standard InChI is InChI=1S/C22H30N6OS/c1-21(2,3)17-10-8-16(9-11-17)19-25-26-20(28(19)24)30-14-18(29)27(4)22(15-23)12-6-5-7-13-22/h8-11H,5-7,12-14,24H2,1-4H3. The number of carbonyl (C=O) groups is 1. The van der Waals surface area contributed by atoms with Gasteiger partial charge in [0.05, 0.1) is 11.8 Å². The Balaban J connectivity index is 1.68. The third kappa shape index (κ3) is 4.46. The van der Waals surface area contributed by atoms with Crippen LogP contribution in [0.5, 0.6) is 0 Å². The predicted molar refractivity (Wildman–Crippen MR) is 119 cm³/mol. The van der Waals surface area contributed by atoms with E-state index in [0.717, 1.165) is 37.7 Å². The van der Waals surface area contributed by atoms with Gasteiger partial charge < -0.3 is 10.7 Å². The van der Waals surface area contributed by atoms with Crippen LogP contribution in [0.2, 0.25) is 0 Å². The molecule has 0 unspecified atom stereocenters. The molecule has 8 heteroatoms. The molecule has 1 aliphatic rings. The van der Waals surface area contributed by atoms with E-state index in [1.165, 1.54) is 22.0 Å². The van der Waals surface area contributed by atoms with Crippen molar-refractivity contribution < 1.29 is 4.79 Å². The zero-order valence-corrected chi connectivity index (χ0v) is 19.0. The third-order valence-corrected chi connectivity index (χ3v) is 6.83. The van der Waals surface area contributed by atoms with E-state index in [2.05, 4.69) is 49.2 Å². The van der Waals surface area contributed by atoms with Gasteiger partial charge in [0.1, 0.15) is 5.54 Å². The van der Waals surface area contributed by atoms with E-state index in [-0.39, 0.29) is 17.1 Å². The average molecular weight is 427 g/mol. The lowest BCUT2D eigenvalue weighted by molar-refractivity contribution is -0.131. The number of carbonyl (C=O) groups excluding carboxylic acids is 1. The SMILES string of the molecule is CN(C(=O)CSc1nnc(-c2ccc(C(C)(C)C)cc2)n1N)C1(C#N)CCCCC1. The van der Waals surface area contributed by atoms with Crippen LogP contribution in [-0.2, 0) is 10.2 Å². The highest BCUT2D eigenvalue weighted by atomic mass is 32.2. The Morgan fingerprint density at radius 2 is 1.87 bits per heavy atom. The summed E-state index contributed by atoms with van der Waals surface area (Å²) in [5, 5.41) is 18.5. The molecule has 0 spiro atoms. The van der Waals surface area contributed by atoms with Crippen LogP contribution in [0.1, 0.15) is 58.4 Å². The molecule has 1 fully saturated rings. The number of nitrogens with two attached hydrogens (primary N) is 1. The molecule has 0 saturated heterocycles. The fourth-order valence-corrected chi connectivity index (χ4v) is 4.58. The zero-order chi connectivity index (χ0) is 21.9. The summed E-state index contributed by atoms with van der Waals surface area (Å²) >= 11 is 1.24. The first-order valence-corrected chi connectivity index (χ1v) is 11.3. The van der Waals surface area contributed by atoms with Crippen molar-refractivity contribution in [3.63, 3.8) is 0 Å². The Kier molecular flexibility index (Phi) is 6.41. The first kappa shape index (κ1) is 22.2. The van der Waals surface area contributed by atoms with E-state index in [1.54, 1.807) is 11.9 Å². The average Bonchev–Trinajstić information content (AvgIpc) is 3.11. The van der Waals surface area contributed by atoms with Crippen molar-refractivity contribution in [2.24, 2.45) is 0 Å². The van der Waals surface area contributed by atoms with Crippen molar-refractivity contribution in [2.45, 2.75) is 69.0 Å². The molecule has 0 atom stereocenters. The molecule has 7 nitrogen and oxygen atoms in total. The maximum atomic E-state index is 12.8. The zero-order valence-electron chi connectivity index (χ0n) is 18.2. The molecule has 1 heterocycles. The number of thioether (sulfide) groups is 1. The number of hydrogen-bond donors (Lipinski definition) is 1. The molecule has 2 aromatic rings. The minimum atomic E-state index is -0.688. The van der Waals surface area contributed by atoms with Crippen molar-refractivity contribution in [1.29, 1.82) is 5.26 Å². The molecule has 0 aliphatic heterocycles. The summed E-state index contributed by atoms with van der Waals surface area (Å²) in [6.45, 7) is 6.50. The number of nitrogens with zero attached hydrogens (tertiary/aromatic N) is 5. The summed E-state index contributed by atoms with van der Waals surface area (Å²) < 4.78 is 1.42. The molecule has 160 valence electrons. The minimum Gasteiger partial charge on any atom is -0.335 e. The molecule has 1 aromatic carbocycles. The van der Waals surface area contributed by atoms with Crippen LogP contribution in [0.25, 0.3) is 11.4 Å². The normalized spacial score (nSPS) is 16.1. The van der Waals surface area contributed by atoms with Gasteiger partial charge in [-0.15, -0.1) is 10.2 Å². The number of nitriles is 1. The van der Waals surface area contributed by atoms with E-state index < -0.39 is 5.54 Å². The number of hydrogen-bond acceptors (Lipinski definition) is 6. The summed E-state index contributed by atoms with van der Waals surface area (Å²) in [6.07, 6.45) is 4.55. The van der Waals surface area contributed by atoms with Gasteiger partial charge in [-0.2, -0.15) is 5.26 Å². The highest BCUT2D eigenvalue weighted by Gasteiger charge is 2.38.